The Kier molecular flexibility index (Phi) is 3.37. The second kappa shape index (κ2) is 5.53. The predicted molar refractivity (Wildman–Crippen MR) is 82.9 cm³/mol. The van der Waals surface area contributed by atoms with Gasteiger partial charge in [0.1, 0.15) is 11.6 Å². The van der Waals surface area contributed by atoms with Crippen molar-refractivity contribution in [1.82, 2.24) is 15.0 Å². The van der Waals surface area contributed by atoms with E-state index in [0.29, 0.717) is 18.1 Å². The van der Waals surface area contributed by atoms with Crippen molar-refractivity contribution in [2.75, 3.05) is 6.54 Å². The third-order valence-electron chi connectivity index (χ3n) is 4.20. The van der Waals surface area contributed by atoms with Crippen LogP contribution >= 0.6 is 0 Å². The molecule has 1 aliphatic heterocycles. The van der Waals surface area contributed by atoms with Gasteiger partial charge in [-0.2, -0.15) is 0 Å². The number of rotatable bonds is 2. The molecule has 0 aliphatic carbocycles. The first-order valence-electron chi connectivity index (χ1n) is 7.82. The molecule has 3 aromatic rings. The Bertz CT molecular complexity index is 819. The summed E-state index contributed by atoms with van der Waals surface area (Å²) >= 11 is 0. The van der Waals surface area contributed by atoms with Crippen LogP contribution in [0.25, 0.3) is 11.1 Å². The van der Waals surface area contributed by atoms with Crippen molar-refractivity contribution < 1.29 is 13.7 Å². The van der Waals surface area contributed by atoms with Gasteiger partial charge in [0.2, 0.25) is 11.7 Å². The highest BCUT2D eigenvalue weighted by atomic mass is 16.5. The molecule has 6 heteroatoms. The van der Waals surface area contributed by atoms with Crippen LogP contribution in [0.2, 0.25) is 0 Å². The number of hydrogen-bond acceptors (Lipinski definition) is 5. The molecule has 1 aliphatic rings. The molecular formula is C17H17N3O3. The number of amides is 1. The maximum Gasteiger partial charge on any atom is 0.293 e. The van der Waals surface area contributed by atoms with Crippen molar-refractivity contribution >= 4 is 17.0 Å². The lowest BCUT2D eigenvalue weighted by Crippen LogP contribution is -2.38. The highest BCUT2D eigenvalue weighted by Crippen LogP contribution is 2.33. The number of fused-ring (bicyclic) bond motifs is 1. The second-order valence-electron chi connectivity index (χ2n) is 5.86. The molecule has 1 aromatic carbocycles. The topological polar surface area (TPSA) is 72.4 Å². The van der Waals surface area contributed by atoms with Crippen molar-refractivity contribution in [2.45, 2.75) is 32.2 Å². The van der Waals surface area contributed by atoms with Gasteiger partial charge in [0.15, 0.2) is 5.58 Å². The molecule has 118 valence electrons. The number of benzene rings is 1. The summed E-state index contributed by atoms with van der Waals surface area (Å²) in [6, 6.07) is 9.15. The maximum absolute atomic E-state index is 12.7. The Morgan fingerprint density at radius 1 is 1.30 bits per heavy atom. The first kappa shape index (κ1) is 14.0. The summed E-state index contributed by atoms with van der Waals surface area (Å²) in [5, 5.41) is 3.80. The van der Waals surface area contributed by atoms with E-state index in [2.05, 4.69) is 10.1 Å². The predicted octanol–water partition coefficient (Wildman–Crippen LogP) is 3.49. The van der Waals surface area contributed by atoms with Gasteiger partial charge in [-0.05, 0) is 38.3 Å². The molecule has 0 spiro atoms. The van der Waals surface area contributed by atoms with Gasteiger partial charge >= 0.3 is 0 Å². The third-order valence-corrected chi connectivity index (χ3v) is 4.20. The smallest absolute Gasteiger partial charge is 0.293 e. The molecule has 3 heterocycles. The van der Waals surface area contributed by atoms with Crippen LogP contribution in [0.4, 0.5) is 0 Å². The van der Waals surface area contributed by atoms with Crippen LogP contribution in [0.5, 0.6) is 0 Å². The van der Waals surface area contributed by atoms with Crippen molar-refractivity contribution in [1.29, 1.82) is 0 Å². The van der Waals surface area contributed by atoms with Crippen LogP contribution in [0, 0.1) is 6.92 Å². The Morgan fingerprint density at radius 3 is 2.96 bits per heavy atom. The van der Waals surface area contributed by atoms with E-state index in [4.69, 9.17) is 8.94 Å². The van der Waals surface area contributed by atoms with Crippen LogP contribution < -0.4 is 0 Å². The van der Waals surface area contributed by atoms with E-state index in [0.717, 1.165) is 30.4 Å². The van der Waals surface area contributed by atoms with E-state index in [1.54, 1.807) is 17.9 Å². The highest BCUT2D eigenvalue weighted by molar-refractivity contribution is 5.91. The van der Waals surface area contributed by atoms with Crippen molar-refractivity contribution in [3.8, 4) is 0 Å². The Labute approximate surface area is 133 Å². The number of likely N-dealkylation sites (tertiary alicyclic amines) is 1. The van der Waals surface area contributed by atoms with E-state index in [1.165, 1.54) is 0 Å². The van der Waals surface area contributed by atoms with Gasteiger partial charge in [-0.1, -0.05) is 17.3 Å². The van der Waals surface area contributed by atoms with Gasteiger partial charge in [-0.3, -0.25) is 4.79 Å². The summed E-state index contributed by atoms with van der Waals surface area (Å²) in [6.07, 6.45) is 2.85. The molecular weight excluding hydrogens is 294 g/mol. The molecule has 1 atom stereocenters. The highest BCUT2D eigenvalue weighted by Gasteiger charge is 2.33. The van der Waals surface area contributed by atoms with E-state index >= 15 is 0 Å². The summed E-state index contributed by atoms with van der Waals surface area (Å²) in [5.74, 6) is 0.707. The number of carbonyl (C=O) groups is 1. The summed E-state index contributed by atoms with van der Waals surface area (Å²) in [6.45, 7) is 2.47. The zero-order valence-electron chi connectivity index (χ0n) is 12.9. The fourth-order valence-corrected chi connectivity index (χ4v) is 3.07. The lowest BCUT2D eigenvalue weighted by molar-refractivity contribution is 0.0533. The average molecular weight is 311 g/mol. The molecule has 2 aromatic heterocycles. The molecule has 6 nitrogen and oxygen atoms in total. The quantitative estimate of drug-likeness (QED) is 0.724. The zero-order valence-corrected chi connectivity index (χ0v) is 12.9. The zero-order chi connectivity index (χ0) is 15.8. The number of piperidine rings is 1. The van der Waals surface area contributed by atoms with Crippen LogP contribution in [-0.2, 0) is 0 Å². The minimum Gasteiger partial charge on any atom is -0.438 e. The molecule has 1 fully saturated rings. The number of aromatic nitrogens is 2. The fraction of sp³-hybridized carbons (Fsp3) is 0.353. The second-order valence-corrected chi connectivity index (χ2v) is 5.86. The average Bonchev–Trinajstić information content (AvgIpc) is 3.20. The lowest BCUT2D eigenvalue weighted by atomic mass is 10.0. The van der Waals surface area contributed by atoms with Gasteiger partial charge in [-0.15, -0.1) is 0 Å². The molecule has 1 unspecified atom stereocenters. The largest absolute Gasteiger partial charge is 0.438 e. The number of oxazole rings is 1. The SMILES string of the molecule is Cc1cc(C(=O)N2CCCCC2c2nc3ccccc3o2)on1. The Hall–Kier alpha value is -2.63. The molecule has 1 amide bonds. The Morgan fingerprint density at radius 2 is 2.17 bits per heavy atom. The van der Waals surface area contributed by atoms with E-state index in [9.17, 15) is 4.79 Å². The standard InChI is InChI=1S/C17H17N3O3/c1-11-10-15(23-19-11)17(21)20-9-5-4-7-13(20)16-18-12-6-2-3-8-14(12)22-16/h2-3,6,8,10,13H,4-5,7,9H2,1H3. The number of carbonyl (C=O) groups excluding carboxylic acids is 1. The lowest BCUT2D eigenvalue weighted by Gasteiger charge is -2.32. The summed E-state index contributed by atoms with van der Waals surface area (Å²) < 4.78 is 11.0. The molecule has 0 radical (unpaired) electrons. The molecule has 23 heavy (non-hydrogen) atoms. The Balaban J connectivity index is 1.68. The van der Waals surface area contributed by atoms with Gasteiger partial charge in [-0.25, -0.2) is 4.98 Å². The normalized spacial score (nSPS) is 18.5. The van der Waals surface area contributed by atoms with Crippen LogP contribution in [0.3, 0.4) is 0 Å². The van der Waals surface area contributed by atoms with Gasteiger partial charge in [0.25, 0.3) is 5.91 Å². The summed E-state index contributed by atoms with van der Waals surface area (Å²) in [5.41, 5.74) is 2.26. The molecule has 4 rings (SSSR count). The van der Waals surface area contributed by atoms with E-state index in [-0.39, 0.29) is 17.7 Å². The number of para-hydroxylation sites is 2. The first-order valence-corrected chi connectivity index (χ1v) is 7.82. The van der Waals surface area contributed by atoms with Crippen molar-refractivity contribution in [3.63, 3.8) is 0 Å². The fourth-order valence-electron chi connectivity index (χ4n) is 3.07. The maximum atomic E-state index is 12.7. The van der Waals surface area contributed by atoms with Gasteiger partial charge < -0.3 is 13.8 Å². The number of hydrogen-bond donors (Lipinski definition) is 0. The van der Waals surface area contributed by atoms with Gasteiger partial charge in [0, 0.05) is 12.6 Å². The number of aryl methyl sites for hydroxylation is 1. The van der Waals surface area contributed by atoms with Crippen LogP contribution in [0.1, 0.15) is 47.4 Å². The van der Waals surface area contributed by atoms with Gasteiger partial charge in [0.05, 0.1) is 5.69 Å². The molecule has 0 bridgehead atoms. The molecule has 0 N–H and O–H groups in total. The van der Waals surface area contributed by atoms with Crippen molar-refractivity contribution in [3.05, 3.63) is 47.7 Å². The monoisotopic (exact) mass is 311 g/mol. The molecule has 0 saturated carbocycles. The van der Waals surface area contributed by atoms with Crippen LogP contribution in [-0.4, -0.2) is 27.5 Å². The molecule has 1 saturated heterocycles. The van der Waals surface area contributed by atoms with E-state index < -0.39 is 0 Å². The van der Waals surface area contributed by atoms with Crippen molar-refractivity contribution in [2.24, 2.45) is 0 Å². The third kappa shape index (κ3) is 2.50. The summed E-state index contributed by atoms with van der Waals surface area (Å²) in [7, 11) is 0. The minimum absolute atomic E-state index is 0.155. The number of nitrogens with zero attached hydrogens (tertiary/aromatic N) is 3. The van der Waals surface area contributed by atoms with Crippen LogP contribution in [0.15, 0.2) is 39.3 Å². The van der Waals surface area contributed by atoms with E-state index in [1.807, 2.05) is 24.3 Å². The minimum atomic E-state index is -0.158. The summed E-state index contributed by atoms with van der Waals surface area (Å²) in [4.78, 5) is 19.1. The first-order chi connectivity index (χ1) is 11.2.